The van der Waals surface area contributed by atoms with Crippen LogP contribution in [0.15, 0.2) is 91.1 Å². The molecule has 1 N–H and O–H groups in total. The van der Waals surface area contributed by atoms with Crippen LogP contribution in [0.2, 0.25) is 0 Å². The van der Waals surface area contributed by atoms with E-state index in [0.717, 1.165) is 27.9 Å². The van der Waals surface area contributed by atoms with E-state index in [0.29, 0.717) is 39.1 Å². The summed E-state index contributed by atoms with van der Waals surface area (Å²) in [4.78, 5) is 13.6. The second kappa shape index (κ2) is 10.2. The highest BCUT2D eigenvalue weighted by Gasteiger charge is 2.41. The van der Waals surface area contributed by atoms with E-state index >= 15 is 0 Å². The quantitative estimate of drug-likeness (QED) is 0.410. The molecule has 0 unspecified atom stereocenters. The molecule has 0 saturated carbocycles. The van der Waals surface area contributed by atoms with Crippen molar-refractivity contribution in [1.82, 2.24) is 15.1 Å². The maximum atomic E-state index is 13.6. The molecule has 1 aliphatic rings. The minimum Gasteiger partial charge on any atom is -0.381 e. The molecule has 0 radical (unpaired) electrons. The normalized spacial score (nSPS) is 15.0. The third-order valence-corrected chi connectivity index (χ3v) is 6.69. The van der Waals surface area contributed by atoms with Gasteiger partial charge in [0.1, 0.15) is 5.82 Å². The molecule has 1 aromatic heterocycles. The van der Waals surface area contributed by atoms with Crippen LogP contribution in [0.3, 0.4) is 0 Å². The Balaban J connectivity index is 1.41. The van der Waals surface area contributed by atoms with Crippen LogP contribution in [0.4, 0.5) is 4.39 Å². The van der Waals surface area contributed by atoms with Crippen molar-refractivity contribution in [3.05, 3.63) is 114 Å². The summed E-state index contributed by atoms with van der Waals surface area (Å²) in [5.74, 6) is -0.378. The number of nitrogens with one attached hydrogen (secondary N) is 1. The number of nitrogens with zero attached hydrogens (tertiary/aromatic N) is 2. The summed E-state index contributed by atoms with van der Waals surface area (Å²) in [6.07, 6.45) is 3.12. The van der Waals surface area contributed by atoms with Crippen molar-refractivity contribution >= 4 is 5.91 Å². The van der Waals surface area contributed by atoms with Crippen LogP contribution in [0.25, 0.3) is 11.3 Å². The van der Waals surface area contributed by atoms with Crippen molar-refractivity contribution in [1.29, 1.82) is 0 Å². The van der Waals surface area contributed by atoms with E-state index in [1.54, 1.807) is 12.1 Å². The molecule has 3 aromatic carbocycles. The molecule has 1 amide bonds. The van der Waals surface area contributed by atoms with E-state index in [2.05, 4.69) is 17.4 Å². The minimum atomic E-state index is -0.737. The van der Waals surface area contributed by atoms with Crippen LogP contribution < -0.4 is 5.32 Å². The molecule has 6 heteroatoms. The van der Waals surface area contributed by atoms with Crippen LogP contribution in [-0.4, -0.2) is 28.9 Å². The first-order chi connectivity index (χ1) is 17.1. The van der Waals surface area contributed by atoms with E-state index in [1.807, 2.05) is 59.4 Å². The number of benzene rings is 3. The molecule has 5 nitrogen and oxygen atoms in total. The zero-order valence-corrected chi connectivity index (χ0v) is 19.5. The van der Waals surface area contributed by atoms with Crippen LogP contribution in [0, 0.1) is 5.82 Å². The van der Waals surface area contributed by atoms with E-state index in [4.69, 9.17) is 9.84 Å². The number of carbonyl (C=O) groups excluding carboxylic acids is 1. The van der Waals surface area contributed by atoms with Gasteiger partial charge in [-0.3, -0.25) is 9.48 Å². The molecule has 0 aliphatic carbocycles. The van der Waals surface area contributed by atoms with Gasteiger partial charge >= 0.3 is 0 Å². The summed E-state index contributed by atoms with van der Waals surface area (Å²) in [7, 11) is 0. The lowest BCUT2D eigenvalue weighted by Gasteiger charge is -2.36. The molecule has 178 valence electrons. The number of aromatic nitrogens is 2. The molecule has 5 rings (SSSR count). The summed E-state index contributed by atoms with van der Waals surface area (Å²) in [5.41, 5.74) is 4.04. The van der Waals surface area contributed by atoms with Crippen molar-refractivity contribution in [2.75, 3.05) is 13.2 Å². The van der Waals surface area contributed by atoms with Crippen LogP contribution >= 0.6 is 0 Å². The van der Waals surface area contributed by atoms with Gasteiger partial charge in [0.25, 0.3) is 0 Å². The predicted molar refractivity (Wildman–Crippen MR) is 133 cm³/mol. The van der Waals surface area contributed by atoms with Gasteiger partial charge in [0.15, 0.2) is 0 Å². The Labute approximate surface area is 204 Å². The Morgan fingerprint density at radius 3 is 2.29 bits per heavy atom. The third kappa shape index (κ3) is 5.03. The lowest BCUT2D eigenvalue weighted by molar-refractivity contribution is -0.130. The van der Waals surface area contributed by atoms with Gasteiger partial charge in [-0.1, -0.05) is 72.8 Å². The molecule has 1 saturated heterocycles. The first-order valence-corrected chi connectivity index (χ1v) is 11.9. The fourth-order valence-electron chi connectivity index (χ4n) is 4.76. The van der Waals surface area contributed by atoms with Gasteiger partial charge in [0.2, 0.25) is 5.91 Å². The number of amides is 1. The Morgan fingerprint density at radius 1 is 0.943 bits per heavy atom. The van der Waals surface area contributed by atoms with Crippen molar-refractivity contribution in [2.45, 2.75) is 31.3 Å². The van der Waals surface area contributed by atoms with Gasteiger partial charge in [-0.15, -0.1) is 0 Å². The first kappa shape index (κ1) is 23.0. The summed E-state index contributed by atoms with van der Waals surface area (Å²) in [6, 6.07) is 26.4. The largest absolute Gasteiger partial charge is 0.381 e. The maximum absolute atomic E-state index is 13.6. The molecule has 1 aliphatic heterocycles. The predicted octanol–water partition coefficient (Wildman–Crippen LogP) is 5.10. The first-order valence-electron chi connectivity index (χ1n) is 11.9. The average molecular weight is 470 g/mol. The molecule has 0 bridgehead atoms. The SMILES string of the molecule is O=C(NCc1cn(Cc2ccccc2)nc1-c1ccccc1)C1(c2ccc(F)cc2)CCOCC1. The molecular weight excluding hydrogens is 441 g/mol. The zero-order valence-electron chi connectivity index (χ0n) is 19.5. The molecule has 0 atom stereocenters. The van der Waals surface area contributed by atoms with Gasteiger partial charge in [-0.05, 0) is 36.1 Å². The molecule has 1 fully saturated rings. The number of halogens is 1. The van der Waals surface area contributed by atoms with Gasteiger partial charge in [-0.2, -0.15) is 5.10 Å². The fraction of sp³-hybridized carbons (Fsp3) is 0.241. The summed E-state index contributed by atoms with van der Waals surface area (Å²) in [5, 5.41) is 8.02. The lowest BCUT2D eigenvalue weighted by Crippen LogP contribution is -2.47. The lowest BCUT2D eigenvalue weighted by atomic mass is 9.73. The van der Waals surface area contributed by atoms with Crippen molar-refractivity contribution in [3.8, 4) is 11.3 Å². The summed E-state index contributed by atoms with van der Waals surface area (Å²) >= 11 is 0. The van der Waals surface area contributed by atoms with Gasteiger partial charge in [-0.25, -0.2) is 4.39 Å². The van der Waals surface area contributed by atoms with Gasteiger partial charge < -0.3 is 10.1 Å². The van der Waals surface area contributed by atoms with E-state index < -0.39 is 5.41 Å². The average Bonchev–Trinajstić information content (AvgIpc) is 3.31. The topological polar surface area (TPSA) is 56.2 Å². The molecular formula is C29H28FN3O2. The van der Waals surface area contributed by atoms with E-state index in [-0.39, 0.29) is 11.7 Å². The Morgan fingerprint density at radius 2 is 1.60 bits per heavy atom. The number of hydrogen-bond donors (Lipinski definition) is 1. The van der Waals surface area contributed by atoms with E-state index in [9.17, 15) is 9.18 Å². The van der Waals surface area contributed by atoms with Crippen LogP contribution in [0.5, 0.6) is 0 Å². The van der Waals surface area contributed by atoms with Gasteiger partial charge in [0, 0.05) is 37.1 Å². The minimum absolute atomic E-state index is 0.0674. The molecule has 4 aromatic rings. The number of hydrogen-bond acceptors (Lipinski definition) is 3. The molecule has 35 heavy (non-hydrogen) atoms. The summed E-state index contributed by atoms with van der Waals surface area (Å²) in [6.45, 7) is 1.98. The highest BCUT2D eigenvalue weighted by atomic mass is 19.1. The summed E-state index contributed by atoms with van der Waals surface area (Å²) < 4.78 is 21.1. The highest BCUT2D eigenvalue weighted by molar-refractivity contribution is 5.88. The second-order valence-electron chi connectivity index (χ2n) is 8.94. The number of ether oxygens (including phenoxy) is 1. The zero-order chi connectivity index (χ0) is 24.1. The third-order valence-electron chi connectivity index (χ3n) is 6.69. The highest BCUT2D eigenvalue weighted by Crippen LogP contribution is 2.35. The van der Waals surface area contributed by atoms with Gasteiger partial charge in [0.05, 0.1) is 17.7 Å². The van der Waals surface area contributed by atoms with Crippen molar-refractivity contribution in [2.24, 2.45) is 0 Å². The van der Waals surface area contributed by atoms with Crippen LogP contribution in [0.1, 0.15) is 29.5 Å². The Bertz CT molecular complexity index is 1260. The monoisotopic (exact) mass is 469 g/mol. The molecule has 2 heterocycles. The smallest absolute Gasteiger partial charge is 0.231 e. The van der Waals surface area contributed by atoms with E-state index in [1.165, 1.54) is 12.1 Å². The maximum Gasteiger partial charge on any atom is 0.231 e. The number of carbonyl (C=O) groups is 1. The Kier molecular flexibility index (Phi) is 6.73. The van der Waals surface area contributed by atoms with Crippen LogP contribution in [-0.2, 0) is 28.0 Å². The van der Waals surface area contributed by atoms with Crippen molar-refractivity contribution < 1.29 is 13.9 Å². The fourth-order valence-corrected chi connectivity index (χ4v) is 4.76. The van der Waals surface area contributed by atoms with Crippen molar-refractivity contribution in [3.63, 3.8) is 0 Å². The Hall–Kier alpha value is -3.77. The second-order valence-corrected chi connectivity index (χ2v) is 8.94. The standard InChI is InChI=1S/C29H28FN3O2/c30-26-13-11-25(12-14-26)29(15-17-35-18-16-29)28(34)31-19-24-21-33(20-22-7-3-1-4-8-22)32-27(24)23-9-5-2-6-10-23/h1-14,21H,15-20H2,(H,31,34). The molecule has 0 spiro atoms. The number of rotatable bonds is 7.